The molecule has 2 unspecified atom stereocenters. The molecule has 1 heterocycles. The van der Waals surface area contributed by atoms with Gasteiger partial charge in [-0.15, -0.1) is 0 Å². The van der Waals surface area contributed by atoms with Gasteiger partial charge in [0.05, 0.1) is 37.4 Å². The summed E-state index contributed by atoms with van der Waals surface area (Å²) < 4.78 is 10.6. The van der Waals surface area contributed by atoms with Gasteiger partial charge in [0.25, 0.3) is 0 Å². The number of aromatic nitrogens is 1. The fraction of sp³-hybridized carbons (Fsp3) is 0.200. The van der Waals surface area contributed by atoms with Crippen LogP contribution in [-0.2, 0) is 10.2 Å². The Morgan fingerprint density at radius 3 is 2.44 bits per heavy atom. The molecule has 4 rings (SSSR count). The highest BCUT2D eigenvalue weighted by atomic mass is 16.5. The molecular formula is C25H21N3O4. The van der Waals surface area contributed by atoms with Crippen LogP contribution in [0.25, 0.3) is 0 Å². The number of carbonyl (C=O) groups is 2. The number of hydrogen-bond acceptors (Lipinski definition) is 6. The molecule has 1 aliphatic carbocycles. The first-order chi connectivity index (χ1) is 15.5. The Balaban J connectivity index is 1.66. The highest BCUT2D eigenvalue weighted by Crippen LogP contribution is 2.57. The second-order valence-corrected chi connectivity index (χ2v) is 7.53. The maximum atomic E-state index is 13.7. The van der Waals surface area contributed by atoms with Crippen LogP contribution < -0.4 is 14.8 Å². The third kappa shape index (κ3) is 3.67. The van der Waals surface area contributed by atoms with Gasteiger partial charge in [0.2, 0.25) is 5.91 Å². The van der Waals surface area contributed by atoms with E-state index in [0.29, 0.717) is 29.2 Å². The third-order valence-corrected chi connectivity index (χ3v) is 5.76. The van der Waals surface area contributed by atoms with Crippen molar-refractivity contribution < 1.29 is 19.1 Å². The smallest absolute Gasteiger partial charge is 0.228 e. The summed E-state index contributed by atoms with van der Waals surface area (Å²) in [7, 11) is 3.04. The summed E-state index contributed by atoms with van der Waals surface area (Å²) in [4.78, 5) is 30.8. The summed E-state index contributed by atoms with van der Waals surface area (Å²) in [6, 6.07) is 19.4. The molecule has 0 bridgehead atoms. The first-order valence-electron chi connectivity index (χ1n) is 10.0. The van der Waals surface area contributed by atoms with Crippen LogP contribution in [0.1, 0.15) is 28.0 Å². The van der Waals surface area contributed by atoms with Gasteiger partial charge >= 0.3 is 0 Å². The molecule has 2 atom stereocenters. The van der Waals surface area contributed by atoms with Crippen LogP contribution >= 0.6 is 0 Å². The van der Waals surface area contributed by atoms with Crippen LogP contribution in [0.3, 0.4) is 0 Å². The SMILES string of the molecule is COc1ccc(C(=O)C2(c3ccccc3)CC2C(=O)Nc2ccc(C#N)nc2)cc1OC. The van der Waals surface area contributed by atoms with E-state index in [1.807, 2.05) is 36.4 Å². The lowest BCUT2D eigenvalue weighted by atomic mass is 9.85. The molecule has 1 amide bonds. The summed E-state index contributed by atoms with van der Waals surface area (Å²) in [5, 5.41) is 11.7. The van der Waals surface area contributed by atoms with E-state index in [4.69, 9.17) is 14.7 Å². The molecule has 1 aliphatic rings. The Morgan fingerprint density at radius 2 is 1.81 bits per heavy atom. The van der Waals surface area contributed by atoms with E-state index in [0.717, 1.165) is 5.56 Å². The standard InChI is InChI=1S/C25H21N3O4/c1-31-21-11-8-16(12-22(21)32-2)23(29)25(17-6-4-3-5-7-17)13-20(25)24(30)28-19-10-9-18(14-26)27-15-19/h3-12,15,20H,13H2,1-2H3,(H,28,30). The second-order valence-electron chi connectivity index (χ2n) is 7.53. The van der Waals surface area contributed by atoms with Crippen LogP contribution in [0.4, 0.5) is 5.69 Å². The molecule has 1 saturated carbocycles. The number of nitrogens with zero attached hydrogens (tertiary/aromatic N) is 2. The fourth-order valence-corrected chi connectivity index (χ4v) is 4.01. The number of nitrogens with one attached hydrogen (secondary N) is 1. The first-order valence-corrected chi connectivity index (χ1v) is 10.0. The zero-order chi connectivity index (χ0) is 22.7. The highest BCUT2D eigenvalue weighted by molar-refractivity contribution is 6.12. The Bertz CT molecular complexity index is 1200. The van der Waals surface area contributed by atoms with Crippen molar-refractivity contribution in [2.75, 3.05) is 19.5 Å². The predicted octanol–water partition coefficient (Wildman–Crippen LogP) is 3.75. The average Bonchev–Trinajstić information content (AvgIpc) is 3.61. The summed E-state index contributed by atoms with van der Waals surface area (Å²) >= 11 is 0. The van der Waals surface area contributed by atoms with E-state index in [1.54, 1.807) is 24.3 Å². The third-order valence-electron chi connectivity index (χ3n) is 5.76. The number of ether oxygens (including phenoxy) is 2. The topological polar surface area (TPSA) is 101 Å². The van der Waals surface area contributed by atoms with Gasteiger partial charge < -0.3 is 14.8 Å². The Hall–Kier alpha value is -4.18. The van der Waals surface area contributed by atoms with Crippen LogP contribution in [0.2, 0.25) is 0 Å². The van der Waals surface area contributed by atoms with Crippen LogP contribution in [0.5, 0.6) is 11.5 Å². The number of carbonyl (C=O) groups excluding carboxylic acids is 2. The summed E-state index contributed by atoms with van der Waals surface area (Å²) in [5.74, 6) is 0.0150. The highest BCUT2D eigenvalue weighted by Gasteiger charge is 2.64. The van der Waals surface area contributed by atoms with Crippen molar-refractivity contribution in [3.05, 3.63) is 83.7 Å². The second kappa shape index (κ2) is 8.52. The van der Waals surface area contributed by atoms with E-state index in [9.17, 15) is 9.59 Å². The minimum absolute atomic E-state index is 0.150. The molecule has 3 aromatic rings. The van der Waals surface area contributed by atoms with Crippen molar-refractivity contribution in [2.45, 2.75) is 11.8 Å². The van der Waals surface area contributed by atoms with Gasteiger partial charge in [-0.3, -0.25) is 9.59 Å². The molecule has 7 heteroatoms. The molecule has 7 nitrogen and oxygen atoms in total. The fourth-order valence-electron chi connectivity index (χ4n) is 4.01. The van der Waals surface area contributed by atoms with Crippen molar-refractivity contribution in [2.24, 2.45) is 5.92 Å². The number of ketones is 1. The Morgan fingerprint density at radius 1 is 1.06 bits per heavy atom. The normalized spacial score (nSPS) is 18.8. The van der Waals surface area contributed by atoms with Gasteiger partial charge in [-0.05, 0) is 42.3 Å². The zero-order valence-electron chi connectivity index (χ0n) is 17.7. The quantitative estimate of drug-likeness (QED) is 0.576. The minimum Gasteiger partial charge on any atom is -0.493 e. The Kier molecular flexibility index (Phi) is 5.61. The van der Waals surface area contributed by atoms with Crippen molar-refractivity contribution >= 4 is 17.4 Å². The van der Waals surface area contributed by atoms with Crippen molar-refractivity contribution in [1.82, 2.24) is 4.98 Å². The van der Waals surface area contributed by atoms with Crippen LogP contribution in [-0.4, -0.2) is 30.9 Å². The number of hydrogen-bond donors (Lipinski definition) is 1. The van der Waals surface area contributed by atoms with Gasteiger partial charge in [0, 0.05) is 5.56 Å². The van der Waals surface area contributed by atoms with E-state index < -0.39 is 11.3 Å². The van der Waals surface area contributed by atoms with Crippen molar-refractivity contribution in [3.63, 3.8) is 0 Å². The van der Waals surface area contributed by atoms with Gasteiger partial charge in [-0.1, -0.05) is 30.3 Å². The van der Waals surface area contributed by atoms with Gasteiger partial charge in [0.1, 0.15) is 11.8 Å². The lowest BCUT2D eigenvalue weighted by Crippen LogP contribution is -2.28. The number of benzene rings is 2. The molecule has 160 valence electrons. The number of methoxy groups -OCH3 is 2. The van der Waals surface area contributed by atoms with E-state index >= 15 is 0 Å². The molecule has 0 aliphatic heterocycles. The van der Waals surface area contributed by atoms with Gasteiger partial charge in [0.15, 0.2) is 17.3 Å². The molecule has 1 aromatic heterocycles. The minimum atomic E-state index is -0.967. The molecule has 32 heavy (non-hydrogen) atoms. The molecule has 2 aromatic carbocycles. The summed E-state index contributed by atoms with van der Waals surface area (Å²) in [5.41, 5.74) is 1.00. The molecular weight excluding hydrogens is 406 g/mol. The molecule has 1 fully saturated rings. The predicted molar refractivity (Wildman–Crippen MR) is 118 cm³/mol. The Labute approximate surface area is 185 Å². The van der Waals surface area contributed by atoms with Gasteiger partial charge in [-0.2, -0.15) is 5.26 Å². The maximum Gasteiger partial charge on any atom is 0.228 e. The number of nitriles is 1. The summed E-state index contributed by atoms with van der Waals surface area (Å²) in [6.45, 7) is 0. The van der Waals surface area contributed by atoms with Crippen LogP contribution in [0, 0.1) is 17.2 Å². The molecule has 0 saturated heterocycles. The number of amides is 1. The van der Waals surface area contributed by atoms with E-state index in [2.05, 4.69) is 10.3 Å². The van der Waals surface area contributed by atoms with Crippen LogP contribution in [0.15, 0.2) is 66.9 Å². The number of rotatable bonds is 7. The molecule has 1 N–H and O–H groups in total. The zero-order valence-corrected chi connectivity index (χ0v) is 17.7. The van der Waals surface area contributed by atoms with E-state index in [-0.39, 0.29) is 17.4 Å². The summed E-state index contributed by atoms with van der Waals surface area (Å²) in [6.07, 6.45) is 1.82. The van der Waals surface area contributed by atoms with Crippen molar-refractivity contribution in [1.29, 1.82) is 5.26 Å². The maximum absolute atomic E-state index is 13.7. The number of Topliss-reactive ketones (excluding diaryl/α,β-unsaturated/α-hetero) is 1. The van der Waals surface area contributed by atoms with Crippen molar-refractivity contribution in [3.8, 4) is 17.6 Å². The van der Waals surface area contributed by atoms with E-state index in [1.165, 1.54) is 26.5 Å². The first kappa shape index (κ1) is 21.1. The molecule has 0 spiro atoms. The monoisotopic (exact) mass is 427 g/mol. The van der Waals surface area contributed by atoms with Gasteiger partial charge in [-0.25, -0.2) is 4.98 Å². The lowest BCUT2D eigenvalue weighted by Gasteiger charge is -2.18. The number of anilines is 1. The molecule has 0 radical (unpaired) electrons. The lowest BCUT2D eigenvalue weighted by molar-refractivity contribution is -0.117. The number of pyridine rings is 1. The largest absolute Gasteiger partial charge is 0.493 e. The average molecular weight is 427 g/mol.